The summed E-state index contributed by atoms with van der Waals surface area (Å²) >= 11 is 5.97. The number of aliphatic hydroxyl groups excluding tert-OH is 1. The number of carbonyl (C=O) groups is 1. The number of H-pyrrole nitrogens is 1. The zero-order valence-corrected chi connectivity index (χ0v) is 24.1. The molecule has 0 aliphatic heterocycles. The number of ether oxygens (including phenoxy) is 2. The molecule has 0 saturated carbocycles. The Hall–Kier alpha value is -2.34. The van der Waals surface area contributed by atoms with E-state index in [-0.39, 0.29) is 27.1 Å². The van der Waals surface area contributed by atoms with Gasteiger partial charge in [-0.3, -0.25) is 24.2 Å². The van der Waals surface area contributed by atoms with Crippen molar-refractivity contribution in [2.75, 3.05) is 20.4 Å². The Labute approximate surface area is 228 Å². The topological polar surface area (TPSA) is 152 Å². The number of hydrogen-bond donors (Lipinski definition) is 4. The summed E-state index contributed by atoms with van der Waals surface area (Å²) in [5.41, 5.74) is -1.54. The van der Waals surface area contributed by atoms with Crippen molar-refractivity contribution < 1.29 is 33.4 Å². The molecule has 0 aliphatic rings. The van der Waals surface area contributed by atoms with Crippen LogP contribution in [-0.2, 0) is 23.8 Å². The molecule has 216 valence electrons. The molecule has 14 heteroatoms. The summed E-state index contributed by atoms with van der Waals surface area (Å²) in [4.78, 5) is 33.6. The number of rotatable bonds is 11. The average Bonchev–Trinajstić information content (AvgIpc) is 2.88. The minimum absolute atomic E-state index is 0.0628. The number of para-hydroxylation sites is 1. The normalized spacial score (nSPS) is 14.9. The summed E-state index contributed by atoms with van der Waals surface area (Å²) in [6, 6.07) is 9.43. The van der Waals surface area contributed by atoms with Crippen LogP contribution in [0.5, 0.6) is 5.75 Å². The van der Waals surface area contributed by atoms with Gasteiger partial charge >= 0.3 is 11.7 Å². The van der Waals surface area contributed by atoms with Crippen molar-refractivity contribution in [1.82, 2.24) is 14.6 Å². The Bertz CT molecular complexity index is 1040. The van der Waals surface area contributed by atoms with Gasteiger partial charge in [-0.15, -0.1) is 0 Å². The van der Waals surface area contributed by atoms with Crippen LogP contribution in [0.2, 0.25) is 0 Å². The smallest absolute Gasteiger partial charge is 0.329 e. The maximum atomic E-state index is 13.2. The Morgan fingerprint density at radius 3 is 2.24 bits per heavy atom. The van der Waals surface area contributed by atoms with Gasteiger partial charge in [0.15, 0.2) is 5.00 Å². The van der Waals surface area contributed by atoms with Gasteiger partial charge in [0.05, 0.1) is 21.2 Å². The highest BCUT2D eigenvalue weighted by Gasteiger charge is 2.42. The molecule has 0 saturated heterocycles. The maximum Gasteiger partial charge on any atom is 0.329 e. The Morgan fingerprint density at radius 1 is 1.21 bits per heavy atom. The van der Waals surface area contributed by atoms with Crippen LogP contribution in [0.1, 0.15) is 34.6 Å². The fourth-order valence-corrected chi connectivity index (χ4v) is 3.34. The number of alkyl halides is 2. The summed E-state index contributed by atoms with van der Waals surface area (Å²) in [5.74, 6) is 0.0877. The highest BCUT2D eigenvalue weighted by Crippen LogP contribution is 2.28. The van der Waals surface area contributed by atoms with E-state index in [2.05, 4.69) is 5.09 Å². The summed E-state index contributed by atoms with van der Waals surface area (Å²) in [5, 5.41) is 21.5. The first-order chi connectivity index (χ1) is 17.8. The van der Waals surface area contributed by atoms with E-state index in [4.69, 9.17) is 30.7 Å². The number of carbonyl (C=O) groups excluding carboxylic acids is 1. The third-order valence-electron chi connectivity index (χ3n) is 4.63. The van der Waals surface area contributed by atoms with Crippen molar-refractivity contribution in [2.24, 2.45) is 0 Å². The molecule has 1 aromatic heterocycles. The molecule has 0 fully saturated rings. The zero-order chi connectivity index (χ0) is 29.3. The van der Waals surface area contributed by atoms with Crippen molar-refractivity contribution >= 4 is 26.5 Å². The number of hydrogen-bond acceptors (Lipinski definition) is 9. The minimum Gasteiger partial charge on any atom is -0.508 e. The van der Waals surface area contributed by atoms with Crippen molar-refractivity contribution in [3.8, 4) is 5.75 Å². The van der Waals surface area contributed by atoms with E-state index in [0.29, 0.717) is 12.4 Å². The number of aromatic hydroxyl groups is 1. The molecule has 1 aromatic carbocycles. The number of esters is 1. The number of nitrogens with one attached hydrogen (secondary N) is 2. The predicted octanol–water partition coefficient (Wildman–Crippen LogP) is 2.65. The lowest BCUT2D eigenvalue weighted by molar-refractivity contribution is -0.148. The number of aliphatic hydroxyl groups is 1. The molecule has 2 aromatic rings. The molecule has 2 rings (SSSR count). The first-order valence-electron chi connectivity index (χ1n) is 11.7. The Balaban J connectivity index is 0.000000594. The van der Waals surface area contributed by atoms with Crippen LogP contribution in [0.15, 0.2) is 52.2 Å². The van der Waals surface area contributed by atoms with Gasteiger partial charge in [-0.25, -0.2) is 9.18 Å². The lowest BCUT2D eigenvalue weighted by Crippen LogP contribution is -2.53. The molecule has 5 unspecified atom stereocenters. The highest BCUT2D eigenvalue weighted by atomic mass is 35.5. The molecular weight excluding hydrogens is 544 g/mol. The fourth-order valence-electron chi connectivity index (χ4n) is 2.51. The van der Waals surface area contributed by atoms with Crippen molar-refractivity contribution in [3.05, 3.63) is 63.4 Å². The number of halogens is 2. The maximum absolute atomic E-state index is 13.2. The second-order valence-electron chi connectivity index (χ2n) is 8.04. The van der Waals surface area contributed by atoms with E-state index in [1.54, 1.807) is 31.2 Å². The van der Waals surface area contributed by atoms with Crippen molar-refractivity contribution in [1.29, 1.82) is 0 Å². The predicted molar refractivity (Wildman–Crippen MR) is 145 cm³/mol. The summed E-state index contributed by atoms with van der Waals surface area (Å²) in [7, 11) is 1.47. The zero-order valence-electron chi connectivity index (χ0n) is 22.3. The molecule has 0 bridgehead atoms. The van der Waals surface area contributed by atoms with Crippen LogP contribution in [0.25, 0.3) is 0 Å². The van der Waals surface area contributed by atoms with Crippen LogP contribution in [0.4, 0.5) is 4.39 Å². The van der Waals surface area contributed by atoms with Gasteiger partial charge in [0.25, 0.3) is 5.56 Å². The monoisotopic (exact) mass is 581 g/mol. The van der Waals surface area contributed by atoms with E-state index >= 15 is 0 Å². The molecule has 4 N–H and O–H groups in total. The van der Waals surface area contributed by atoms with E-state index < -0.39 is 35.1 Å². The Morgan fingerprint density at radius 2 is 1.82 bits per heavy atom. The average molecular weight is 582 g/mol. The third-order valence-corrected chi connectivity index (χ3v) is 6.13. The quantitative estimate of drug-likeness (QED) is 0.136. The van der Waals surface area contributed by atoms with Crippen molar-refractivity contribution in [2.45, 2.75) is 64.0 Å². The van der Waals surface area contributed by atoms with Gasteiger partial charge in [-0.05, 0) is 46.8 Å². The second-order valence-corrected chi connectivity index (χ2v) is 9.48. The molecule has 5 atom stereocenters. The number of aromatic amines is 1. The number of aromatic nitrogens is 2. The standard InChI is InChI=1S/C10H14ClFN2O4.C8H18NO3P.C6H6O/c1-6(18-2)8(16)10(11,5-12)14-4-3-7(15)13-9(14)17;1-5-11-13-9-7(4)8(10)12-6(2)3;7-6-4-2-1-3-5-6/h3-4,6,8,16H,5H2,1-2H3,(H,13,15,17);6-7,9,13H,5H2,1-4H3;1-5,7H. The van der Waals surface area contributed by atoms with E-state index in [1.165, 1.54) is 14.0 Å². The molecule has 1 heterocycles. The summed E-state index contributed by atoms with van der Waals surface area (Å²) in [6.45, 7) is 8.24. The molecule has 0 radical (unpaired) electrons. The van der Waals surface area contributed by atoms with Crippen LogP contribution in [0.3, 0.4) is 0 Å². The SMILES string of the molecule is CCOPNC(C)C(=O)OC(C)C.COC(C)C(O)C(Cl)(CF)n1ccc(=O)[nH]c1=O.Oc1ccccc1. The fraction of sp³-hybridized carbons (Fsp3) is 0.542. The van der Waals surface area contributed by atoms with E-state index in [0.717, 1.165) is 16.8 Å². The summed E-state index contributed by atoms with van der Waals surface area (Å²) < 4.78 is 28.8. The number of phenols is 1. The van der Waals surface area contributed by atoms with Gasteiger partial charge in [0.2, 0.25) is 0 Å². The second kappa shape index (κ2) is 18.8. The van der Waals surface area contributed by atoms with E-state index in [9.17, 15) is 23.9 Å². The number of benzene rings is 1. The third kappa shape index (κ3) is 12.9. The van der Waals surface area contributed by atoms with Crippen LogP contribution >= 0.6 is 20.6 Å². The van der Waals surface area contributed by atoms with Crippen LogP contribution in [0, 0.1) is 0 Å². The van der Waals surface area contributed by atoms with E-state index in [1.807, 2.05) is 31.8 Å². The first-order valence-corrected chi connectivity index (χ1v) is 13.0. The van der Waals surface area contributed by atoms with Crippen LogP contribution in [-0.4, -0.2) is 70.5 Å². The van der Waals surface area contributed by atoms with Crippen molar-refractivity contribution in [3.63, 3.8) is 0 Å². The number of nitrogens with zero attached hydrogens (tertiary/aromatic N) is 1. The first kappa shape index (κ1) is 35.7. The van der Waals surface area contributed by atoms with Gasteiger partial charge in [-0.1, -0.05) is 29.8 Å². The van der Waals surface area contributed by atoms with Gasteiger partial charge in [-0.2, -0.15) is 0 Å². The molecule has 11 nitrogen and oxygen atoms in total. The molecular formula is C24H38ClFN3O8P. The van der Waals surface area contributed by atoms with Gasteiger partial charge in [0.1, 0.15) is 24.6 Å². The minimum atomic E-state index is -2.03. The highest BCUT2D eigenvalue weighted by molar-refractivity contribution is 7.29. The largest absolute Gasteiger partial charge is 0.508 e. The Kier molecular flexibility index (Phi) is 17.7. The van der Waals surface area contributed by atoms with Gasteiger partial charge < -0.3 is 24.2 Å². The number of phenolic OH excluding ortho intramolecular Hbond substituents is 1. The molecule has 0 amide bonds. The lowest BCUT2D eigenvalue weighted by Gasteiger charge is -2.33. The lowest BCUT2D eigenvalue weighted by atomic mass is 10.1. The molecule has 0 spiro atoms. The molecule has 0 aliphatic carbocycles. The summed E-state index contributed by atoms with van der Waals surface area (Å²) in [6.07, 6.45) is -1.30. The van der Waals surface area contributed by atoms with Gasteiger partial charge in [0, 0.05) is 26.0 Å². The molecule has 38 heavy (non-hydrogen) atoms. The van der Waals surface area contributed by atoms with Crippen LogP contribution < -0.4 is 16.3 Å². The number of methoxy groups -OCH3 is 1.